The second-order valence-electron chi connectivity index (χ2n) is 6.24. The van der Waals surface area contributed by atoms with Gasteiger partial charge in [-0.3, -0.25) is 0 Å². The molecule has 3 aromatic rings. The first-order valence-corrected chi connectivity index (χ1v) is 9.11. The Hall–Kier alpha value is -3.73. The number of nitrogens with one attached hydrogen (secondary N) is 2. The van der Waals surface area contributed by atoms with Crippen molar-refractivity contribution in [2.24, 2.45) is 4.99 Å². The summed E-state index contributed by atoms with van der Waals surface area (Å²) in [5.74, 6) is 0.342. The minimum Gasteiger partial charge on any atom is -0.368 e. The predicted octanol–water partition coefficient (Wildman–Crippen LogP) is 2.01. The second kappa shape index (κ2) is 7.72. The van der Waals surface area contributed by atoms with Crippen molar-refractivity contribution in [1.29, 1.82) is 10.5 Å². The van der Waals surface area contributed by atoms with Crippen LogP contribution in [0.3, 0.4) is 0 Å². The van der Waals surface area contributed by atoms with E-state index in [-0.39, 0.29) is 17.5 Å². The molecule has 144 valence electrons. The number of hydrogen-bond donors (Lipinski definition) is 2. The lowest BCUT2D eigenvalue weighted by atomic mass is 10.1. The van der Waals surface area contributed by atoms with Crippen LogP contribution in [0.5, 0.6) is 0 Å². The van der Waals surface area contributed by atoms with E-state index < -0.39 is 0 Å². The van der Waals surface area contributed by atoms with E-state index in [1.54, 1.807) is 12.1 Å². The van der Waals surface area contributed by atoms with Crippen molar-refractivity contribution in [2.45, 2.75) is 0 Å². The van der Waals surface area contributed by atoms with Crippen molar-refractivity contribution in [1.82, 2.24) is 24.9 Å². The van der Waals surface area contributed by atoms with Crippen molar-refractivity contribution in [3.05, 3.63) is 34.5 Å². The van der Waals surface area contributed by atoms with E-state index in [1.165, 1.54) is 10.7 Å². The van der Waals surface area contributed by atoms with E-state index >= 15 is 0 Å². The Morgan fingerprint density at radius 2 is 2.00 bits per heavy atom. The summed E-state index contributed by atoms with van der Waals surface area (Å²) in [6, 6.07) is 7.59. The number of benzene rings is 1. The Kier molecular flexibility index (Phi) is 4.96. The molecular weight excluding hydrogens is 392 g/mol. The Morgan fingerprint density at radius 1 is 1.21 bits per heavy atom. The molecule has 0 aliphatic carbocycles. The summed E-state index contributed by atoms with van der Waals surface area (Å²) >= 11 is 6.66. The molecule has 4 rings (SSSR count). The van der Waals surface area contributed by atoms with Gasteiger partial charge in [0.05, 0.1) is 34.2 Å². The summed E-state index contributed by atoms with van der Waals surface area (Å²) in [6.07, 6.45) is 1.38. The molecule has 1 aliphatic heterocycles. The third-order valence-corrected chi connectivity index (χ3v) is 4.90. The van der Waals surface area contributed by atoms with Crippen LogP contribution in [0.25, 0.3) is 5.65 Å². The molecule has 2 N–H and O–H groups in total. The lowest BCUT2D eigenvalue weighted by molar-refractivity contribution is 0.589. The molecule has 2 aromatic heterocycles. The number of hydrogen-bond acceptors (Lipinski definition) is 9. The zero-order valence-corrected chi connectivity index (χ0v) is 16.0. The van der Waals surface area contributed by atoms with E-state index in [9.17, 15) is 10.5 Å². The lowest BCUT2D eigenvalue weighted by Gasteiger charge is -2.30. The van der Waals surface area contributed by atoms with Crippen LogP contribution in [0.15, 0.2) is 23.3 Å². The number of aliphatic imine (C=N–C) groups is 1. The molecule has 0 bridgehead atoms. The number of fused-ring (bicyclic) bond motifs is 1. The van der Waals surface area contributed by atoms with Crippen LogP contribution in [0.4, 0.5) is 23.3 Å². The summed E-state index contributed by atoms with van der Waals surface area (Å²) in [4.78, 5) is 14.6. The minimum absolute atomic E-state index is 0.167. The maximum absolute atomic E-state index is 9.45. The lowest BCUT2D eigenvalue weighted by Crippen LogP contribution is -2.43. The first kappa shape index (κ1) is 18.6. The number of piperazine rings is 1. The highest BCUT2D eigenvalue weighted by molar-refractivity contribution is 6.36. The van der Waals surface area contributed by atoms with Crippen LogP contribution in [0.1, 0.15) is 11.1 Å². The Bertz CT molecular complexity index is 1180. The normalized spacial score (nSPS) is 13.7. The average Bonchev–Trinajstić information content (AvgIpc) is 3.18. The number of anilines is 3. The van der Waals surface area contributed by atoms with E-state index in [2.05, 4.69) is 48.4 Å². The summed E-state index contributed by atoms with van der Waals surface area (Å²) in [5.41, 5.74) is 2.27. The van der Waals surface area contributed by atoms with Crippen molar-refractivity contribution < 1.29 is 0 Å². The third-order valence-electron chi connectivity index (χ3n) is 4.50. The Morgan fingerprint density at radius 3 is 2.69 bits per heavy atom. The molecule has 0 saturated carbocycles. The standard InChI is InChI=1S/C18H15ClN10/c1-22-18-27-17(26-16-12(9-21)10-24-29(16)18)25-13-6-11(8-20)7-14(15(13)19)28-4-2-23-3-5-28/h6-7,10,23H,1-5H2,(H,25,26). The summed E-state index contributed by atoms with van der Waals surface area (Å²) in [6.45, 7) is 6.72. The molecule has 0 radical (unpaired) electrons. The zero-order valence-electron chi connectivity index (χ0n) is 15.2. The number of aromatic nitrogens is 4. The number of rotatable bonds is 4. The maximum atomic E-state index is 9.45. The molecular formula is C18H15ClN10. The molecule has 1 aromatic carbocycles. The molecule has 11 heteroatoms. The number of halogens is 1. The predicted molar refractivity (Wildman–Crippen MR) is 109 cm³/mol. The van der Waals surface area contributed by atoms with Crippen LogP contribution in [-0.4, -0.2) is 52.5 Å². The van der Waals surface area contributed by atoms with Gasteiger partial charge in [0.2, 0.25) is 5.95 Å². The molecule has 29 heavy (non-hydrogen) atoms. The van der Waals surface area contributed by atoms with E-state index in [1.807, 2.05) is 6.07 Å². The first-order chi connectivity index (χ1) is 14.1. The van der Waals surface area contributed by atoms with Crippen LogP contribution >= 0.6 is 11.6 Å². The molecule has 0 spiro atoms. The quantitative estimate of drug-likeness (QED) is 0.629. The SMILES string of the molecule is C=Nc1nc(Nc2cc(C#N)cc(N3CCNCC3)c2Cl)nc2c(C#N)cnn12. The fourth-order valence-corrected chi connectivity index (χ4v) is 3.40. The van der Waals surface area contributed by atoms with Crippen LogP contribution < -0.4 is 15.5 Å². The van der Waals surface area contributed by atoms with Crippen molar-refractivity contribution in [2.75, 3.05) is 36.4 Å². The second-order valence-corrected chi connectivity index (χ2v) is 6.62. The molecule has 1 saturated heterocycles. The summed E-state index contributed by atoms with van der Waals surface area (Å²) < 4.78 is 1.33. The zero-order chi connectivity index (χ0) is 20.4. The fraction of sp³-hybridized carbons (Fsp3) is 0.222. The molecule has 0 amide bonds. The highest BCUT2D eigenvalue weighted by Gasteiger charge is 2.19. The van der Waals surface area contributed by atoms with Gasteiger partial charge in [0, 0.05) is 26.2 Å². The van der Waals surface area contributed by atoms with Crippen molar-refractivity contribution >= 4 is 47.2 Å². The summed E-state index contributed by atoms with van der Waals surface area (Å²) in [5, 5.41) is 29.6. The monoisotopic (exact) mass is 406 g/mol. The van der Waals surface area contributed by atoms with Gasteiger partial charge in [-0.15, -0.1) is 0 Å². The molecule has 1 aliphatic rings. The van der Waals surface area contributed by atoms with Crippen molar-refractivity contribution in [3.8, 4) is 12.1 Å². The molecule has 3 heterocycles. The van der Waals surface area contributed by atoms with Crippen molar-refractivity contribution in [3.63, 3.8) is 0 Å². The fourth-order valence-electron chi connectivity index (χ4n) is 3.12. The Balaban J connectivity index is 1.79. The Labute approximate surface area is 171 Å². The largest absolute Gasteiger partial charge is 0.368 e. The minimum atomic E-state index is 0.167. The molecule has 1 fully saturated rings. The highest BCUT2D eigenvalue weighted by atomic mass is 35.5. The first-order valence-electron chi connectivity index (χ1n) is 8.73. The molecule has 0 atom stereocenters. The average molecular weight is 407 g/mol. The topological polar surface area (TPSA) is 130 Å². The maximum Gasteiger partial charge on any atom is 0.255 e. The van der Waals surface area contributed by atoms with Gasteiger partial charge < -0.3 is 15.5 Å². The van der Waals surface area contributed by atoms with Crippen LogP contribution in [0, 0.1) is 22.7 Å². The van der Waals surface area contributed by atoms with Gasteiger partial charge in [-0.25, -0.2) is 4.99 Å². The van der Waals surface area contributed by atoms with E-state index in [0.29, 0.717) is 21.9 Å². The third kappa shape index (κ3) is 3.43. The van der Waals surface area contributed by atoms with Crippen LogP contribution in [-0.2, 0) is 0 Å². The molecule has 0 unspecified atom stereocenters. The van der Waals surface area contributed by atoms with Gasteiger partial charge in [0.15, 0.2) is 5.65 Å². The van der Waals surface area contributed by atoms with Crippen LogP contribution in [0.2, 0.25) is 5.02 Å². The van der Waals surface area contributed by atoms with Gasteiger partial charge in [-0.2, -0.15) is 30.1 Å². The molecule has 10 nitrogen and oxygen atoms in total. The van der Waals surface area contributed by atoms with E-state index in [0.717, 1.165) is 31.9 Å². The number of nitrogens with zero attached hydrogens (tertiary/aromatic N) is 8. The van der Waals surface area contributed by atoms with E-state index in [4.69, 9.17) is 11.6 Å². The van der Waals surface area contributed by atoms with Gasteiger partial charge in [0.1, 0.15) is 11.6 Å². The summed E-state index contributed by atoms with van der Waals surface area (Å²) in [7, 11) is 0. The smallest absolute Gasteiger partial charge is 0.255 e. The van der Waals surface area contributed by atoms with Gasteiger partial charge in [0.25, 0.3) is 5.95 Å². The highest BCUT2D eigenvalue weighted by Crippen LogP contribution is 2.36. The van der Waals surface area contributed by atoms with Gasteiger partial charge in [-0.05, 0) is 18.9 Å². The number of nitriles is 2. The van der Waals surface area contributed by atoms with Gasteiger partial charge in [-0.1, -0.05) is 11.6 Å². The van der Waals surface area contributed by atoms with Gasteiger partial charge >= 0.3 is 0 Å².